The molecule has 0 aliphatic carbocycles. The minimum atomic E-state index is -0.524. The third-order valence-corrected chi connectivity index (χ3v) is 5.55. The van der Waals surface area contributed by atoms with Crippen LogP contribution in [0.4, 0.5) is 0 Å². The second-order valence-electron chi connectivity index (χ2n) is 6.35. The minimum absolute atomic E-state index is 0.0341. The van der Waals surface area contributed by atoms with Crippen LogP contribution in [0.5, 0.6) is 0 Å². The van der Waals surface area contributed by atoms with Crippen LogP contribution >= 0.6 is 23.4 Å². The molecule has 27 heavy (non-hydrogen) atoms. The molecule has 0 fully saturated rings. The summed E-state index contributed by atoms with van der Waals surface area (Å²) in [6.45, 7) is 4.20. The van der Waals surface area contributed by atoms with Gasteiger partial charge in [-0.05, 0) is 43.7 Å². The van der Waals surface area contributed by atoms with Crippen molar-refractivity contribution in [1.29, 1.82) is 0 Å². The normalized spacial score (nSPS) is 11.7. The first-order valence-electron chi connectivity index (χ1n) is 8.85. The van der Waals surface area contributed by atoms with Gasteiger partial charge in [-0.25, -0.2) is 0 Å². The number of amides is 2. The second kappa shape index (κ2) is 10.4. The van der Waals surface area contributed by atoms with Gasteiger partial charge in [0.05, 0.1) is 0 Å². The van der Waals surface area contributed by atoms with Gasteiger partial charge in [-0.15, -0.1) is 11.8 Å². The summed E-state index contributed by atoms with van der Waals surface area (Å²) in [5.74, 6) is 0.444. The number of rotatable bonds is 8. The zero-order valence-electron chi connectivity index (χ0n) is 15.9. The van der Waals surface area contributed by atoms with Gasteiger partial charge in [0.1, 0.15) is 6.04 Å². The second-order valence-corrected chi connectivity index (χ2v) is 7.95. The fourth-order valence-corrected chi connectivity index (χ4v) is 3.58. The van der Waals surface area contributed by atoms with Gasteiger partial charge in [0.25, 0.3) is 0 Å². The van der Waals surface area contributed by atoms with E-state index in [2.05, 4.69) is 5.32 Å². The predicted molar refractivity (Wildman–Crippen MR) is 112 cm³/mol. The van der Waals surface area contributed by atoms with Gasteiger partial charge in [0.2, 0.25) is 11.8 Å². The standard InChI is InChI=1S/C21H25ClN2O2S/c1-15-4-6-17(7-5-15)14-24(16(2)21(26)23-3)20(25)12-13-27-19-10-8-18(22)9-11-19/h4-11,16H,12-14H2,1-3H3,(H,23,26)/t16-/m0/s1. The highest BCUT2D eigenvalue weighted by Gasteiger charge is 2.25. The van der Waals surface area contributed by atoms with Crippen molar-refractivity contribution in [2.75, 3.05) is 12.8 Å². The van der Waals surface area contributed by atoms with Crippen LogP contribution in [0.1, 0.15) is 24.5 Å². The number of carbonyl (C=O) groups excluding carboxylic acids is 2. The first-order valence-corrected chi connectivity index (χ1v) is 10.2. The van der Waals surface area contributed by atoms with Gasteiger partial charge in [0, 0.05) is 35.7 Å². The van der Waals surface area contributed by atoms with Crippen LogP contribution in [0.3, 0.4) is 0 Å². The van der Waals surface area contributed by atoms with E-state index in [-0.39, 0.29) is 11.8 Å². The number of carbonyl (C=O) groups is 2. The predicted octanol–water partition coefficient (Wildman–Crippen LogP) is 4.29. The Kier molecular flexibility index (Phi) is 8.20. The number of thioether (sulfide) groups is 1. The molecule has 0 aromatic heterocycles. The largest absolute Gasteiger partial charge is 0.357 e. The molecule has 0 heterocycles. The highest BCUT2D eigenvalue weighted by Crippen LogP contribution is 2.22. The summed E-state index contributed by atoms with van der Waals surface area (Å²) in [5.41, 5.74) is 2.17. The first kappa shape index (κ1) is 21.3. The SMILES string of the molecule is CNC(=O)[C@H](C)N(Cc1ccc(C)cc1)C(=O)CCSc1ccc(Cl)cc1. The van der Waals surface area contributed by atoms with Crippen LogP contribution < -0.4 is 5.32 Å². The Labute approximate surface area is 170 Å². The molecule has 144 valence electrons. The molecule has 2 aromatic carbocycles. The number of benzene rings is 2. The smallest absolute Gasteiger partial charge is 0.242 e. The molecule has 0 aliphatic rings. The van der Waals surface area contributed by atoms with Crippen LogP contribution in [0.25, 0.3) is 0 Å². The van der Waals surface area contributed by atoms with Crippen molar-refractivity contribution in [2.45, 2.75) is 37.8 Å². The van der Waals surface area contributed by atoms with E-state index in [4.69, 9.17) is 11.6 Å². The van der Waals surface area contributed by atoms with Crippen molar-refractivity contribution in [3.63, 3.8) is 0 Å². The topological polar surface area (TPSA) is 49.4 Å². The molecule has 4 nitrogen and oxygen atoms in total. The van der Waals surface area contributed by atoms with E-state index in [0.717, 1.165) is 16.0 Å². The molecular formula is C21H25ClN2O2S. The maximum absolute atomic E-state index is 12.8. The van der Waals surface area contributed by atoms with E-state index in [1.165, 1.54) is 0 Å². The van der Waals surface area contributed by atoms with E-state index < -0.39 is 6.04 Å². The number of hydrogen-bond donors (Lipinski definition) is 1. The molecule has 0 bridgehead atoms. The lowest BCUT2D eigenvalue weighted by molar-refractivity contribution is -0.140. The van der Waals surface area contributed by atoms with Crippen LogP contribution in [-0.2, 0) is 16.1 Å². The van der Waals surface area contributed by atoms with Gasteiger partial charge in [-0.2, -0.15) is 0 Å². The molecule has 0 saturated carbocycles. The molecule has 6 heteroatoms. The number of nitrogens with zero attached hydrogens (tertiary/aromatic N) is 1. The van der Waals surface area contributed by atoms with Crippen LogP contribution in [-0.4, -0.2) is 35.6 Å². The Morgan fingerprint density at radius 1 is 1.11 bits per heavy atom. The molecule has 2 amide bonds. The molecule has 0 radical (unpaired) electrons. The van der Waals surface area contributed by atoms with Gasteiger partial charge >= 0.3 is 0 Å². The van der Waals surface area contributed by atoms with E-state index in [0.29, 0.717) is 23.7 Å². The van der Waals surface area contributed by atoms with Gasteiger partial charge in [0.15, 0.2) is 0 Å². The summed E-state index contributed by atoms with van der Waals surface area (Å²) < 4.78 is 0. The molecule has 1 N–H and O–H groups in total. The summed E-state index contributed by atoms with van der Waals surface area (Å²) in [6, 6.07) is 15.0. The minimum Gasteiger partial charge on any atom is -0.357 e. The molecule has 0 aliphatic heterocycles. The molecule has 0 unspecified atom stereocenters. The Morgan fingerprint density at radius 2 is 1.74 bits per heavy atom. The quantitative estimate of drug-likeness (QED) is 0.667. The summed E-state index contributed by atoms with van der Waals surface area (Å²) >= 11 is 7.50. The lowest BCUT2D eigenvalue weighted by atomic mass is 10.1. The Bertz CT molecular complexity index is 763. The average molecular weight is 405 g/mol. The molecular weight excluding hydrogens is 380 g/mol. The molecule has 2 aromatic rings. The molecule has 1 atom stereocenters. The molecule has 2 rings (SSSR count). The number of likely N-dealkylation sites (N-methyl/N-ethyl adjacent to an activating group) is 1. The van der Waals surface area contributed by atoms with Gasteiger partial charge < -0.3 is 10.2 Å². The van der Waals surface area contributed by atoms with Crippen molar-refractivity contribution in [2.24, 2.45) is 0 Å². The monoisotopic (exact) mass is 404 g/mol. The Hall–Kier alpha value is -1.98. The van der Waals surface area contributed by atoms with E-state index in [1.54, 1.807) is 30.6 Å². The average Bonchev–Trinajstić information content (AvgIpc) is 2.67. The van der Waals surface area contributed by atoms with Gasteiger partial charge in [-0.3, -0.25) is 9.59 Å². The number of aryl methyl sites for hydroxylation is 1. The molecule has 0 saturated heterocycles. The van der Waals surface area contributed by atoms with E-state index >= 15 is 0 Å². The lowest BCUT2D eigenvalue weighted by Crippen LogP contribution is -2.46. The number of halogens is 1. The summed E-state index contributed by atoms with van der Waals surface area (Å²) in [5, 5.41) is 3.33. The third kappa shape index (κ3) is 6.60. The summed E-state index contributed by atoms with van der Waals surface area (Å²) in [7, 11) is 1.59. The number of nitrogens with one attached hydrogen (secondary N) is 1. The van der Waals surface area contributed by atoms with Crippen LogP contribution in [0.2, 0.25) is 5.02 Å². The summed E-state index contributed by atoms with van der Waals surface area (Å²) in [4.78, 5) is 27.6. The van der Waals surface area contributed by atoms with Crippen molar-refractivity contribution < 1.29 is 9.59 Å². The van der Waals surface area contributed by atoms with Crippen molar-refractivity contribution in [3.8, 4) is 0 Å². The van der Waals surface area contributed by atoms with Crippen molar-refractivity contribution in [1.82, 2.24) is 10.2 Å². The van der Waals surface area contributed by atoms with Crippen LogP contribution in [0, 0.1) is 6.92 Å². The van der Waals surface area contributed by atoms with Crippen molar-refractivity contribution >= 4 is 35.2 Å². The zero-order valence-corrected chi connectivity index (χ0v) is 17.4. The third-order valence-electron chi connectivity index (χ3n) is 4.29. The highest BCUT2D eigenvalue weighted by atomic mass is 35.5. The van der Waals surface area contributed by atoms with Crippen molar-refractivity contribution in [3.05, 3.63) is 64.7 Å². The van der Waals surface area contributed by atoms with E-state index in [9.17, 15) is 9.59 Å². The highest BCUT2D eigenvalue weighted by molar-refractivity contribution is 7.99. The maximum Gasteiger partial charge on any atom is 0.242 e. The van der Waals surface area contributed by atoms with Gasteiger partial charge in [-0.1, -0.05) is 41.4 Å². The Morgan fingerprint density at radius 3 is 2.33 bits per heavy atom. The lowest BCUT2D eigenvalue weighted by Gasteiger charge is -2.28. The maximum atomic E-state index is 12.8. The fraction of sp³-hybridized carbons (Fsp3) is 0.333. The Balaban J connectivity index is 2.02. The summed E-state index contributed by atoms with van der Waals surface area (Å²) in [6.07, 6.45) is 0.362. The van der Waals surface area contributed by atoms with Crippen LogP contribution in [0.15, 0.2) is 53.4 Å². The fourth-order valence-electron chi connectivity index (χ4n) is 2.61. The van der Waals surface area contributed by atoms with E-state index in [1.807, 2.05) is 55.5 Å². The first-order chi connectivity index (χ1) is 12.9. The zero-order chi connectivity index (χ0) is 19.8. The number of hydrogen-bond acceptors (Lipinski definition) is 3. The molecule has 0 spiro atoms.